The molecule has 4 rings (SSSR count). The number of benzene rings is 2. The summed E-state index contributed by atoms with van der Waals surface area (Å²) in [4.78, 5) is 13.0. The molecule has 0 saturated carbocycles. The molecule has 0 aliphatic carbocycles. The molecule has 1 amide bonds. The number of amides is 1. The van der Waals surface area contributed by atoms with E-state index in [4.69, 9.17) is 16.3 Å². The number of halogens is 1. The summed E-state index contributed by atoms with van der Waals surface area (Å²) in [5.41, 5.74) is 0.545. The molecule has 0 unspecified atom stereocenters. The molecule has 2 heterocycles. The van der Waals surface area contributed by atoms with Crippen molar-refractivity contribution in [1.82, 2.24) is 4.31 Å². The lowest BCUT2D eigenvalue weighted by molar-refractivity contribution is 0.0730. The molecule has 180 valence electrons. The minimum absolute atomic E-state index is 0.0183. The average molecular weight is 542 g/mol. The van der Waals surface area contributed by atoms with Gasteiger partial charge in [0.2, 0.25) is 10.0 Å². The van der Waals surface area contributed by atoms with Crippen LogP contribution in [0.25, 0.3) is 0 Å². The minimum atomic E-state index is -3.93. The Hall–Kier alpha value is -2.48. The van der Waals surface area contributed by atoms with E-state index in [1.165, 1.54) is 52.8 Å². The van der Waals surface area contributed by atoms with Crippen LogP contribution >= 0.6 is 22.9 Å². The van der Waals surface area contributed by atoms with Crippen molar-refractivity contribution in [3.05, 3.63) is 70.6 Å². The number of hydrogen-bond acceptors (Lipinski definition) is 7. The summed E-state index contributed by atoms with van der Waals surface area (Å²) in [6.45, 7) is 1.25. The van der Waals surface area contributed by atoms with E-state index in [1.54, 1.807) is 12.1 Å². The van der Waals surface area contributed by atoms with E-state index in [9.17, 15) is 21.6 Å². The fraction of sp³-hybridized carbons (Fsp3) is 0.190. The molecule has 3 aromatic rings. The molecule has 0 spiro atoms. The van der Waals surface area contributed by atoms with Gasteiger partial charge in [-0.3, -0.25) is 9.52 Å². The highest BCUT2D eigenvalue weighted by Crippen LogP contribution is 2.28. The number of nitrogens with zero attached hydrogens (tertiary/aromatic N) is 1. The number of ether oxygens (including phenoxy) is 1. The molecule has 34 heavy (non-hydrogen) atoms. The number of morpholine rings is 1. The van der Waals surface area contributed by atoms with Gasteiger partial charge in [-0.25, -0.2) is 16.8 Å². The number of para-hydroxylation sites is 1. The second-order valence-corrected chi connectivity index (χ2v) is 12.8. The fourth-order valence-corrected chi connectivity index (χ4v) is 7.22. The van der Waals surface area contributed by atoms with Gasteiger partial charge in [0, 0.05) is 18.8 Å². The highest BCUT2D eigenvalue weighted by atomic mass is 35.5. The summed E-state index contributed by atoms with van der Waals surface area (Å²) in [5, 5.41) is 2.67. The number of nitrogens with one attached hydrogen (secondary N) is 2. The first kappa shape index (κ1) is 24.6. The molecular formula is C21H20ClN3O6S3. The topological polar surface area (TPSA) is 122 Å². The third-order valence-corrected chi connectivity index (χ3v) is 9.95. The van der Waals surface area contributed by atoms with Gasteiger partial charge < -0.3 is 10.1 Å². The Bertz CT molecular complexity index is 1400. The zero-order valence-corrected chi connectivity index (χ0v) is 20.8. The molecule has 1 aromatic heterocycles. The predicted octanol–water partition coefficient (Wildman–Crippen LogP) is 3.48. The van der Waals surface area contributed by atoms with Crippen LogP contribution in [0.5, 0.6) is 0 Å². The summed E-state index contributed by atoms with van der Waals surface area (Å²) in [6, 6.07) is 14.8. The van der Waals surface area contributed by atoms with Gasteiger partial charge >= 0.3 is 0 Å². The number of sulfonamides is 2. The second-order valence-electron chi connectivity index (χ2n) is 7.20. The molecule has 0 radical (unpaired) electrons. The predicted molar refractivity (Wildman–Crippen MR) is 131 cm³/mol. The van der Waals surface area contributed by atoms with E-state index in [1.807, 2.05) is 0 Å². The largest absolute Gasteiger partial charge is 0.379 e. The molecule has 1 aliphatic rings. The Morgan fingerprint density at radius 1 is 0.941 bits per heavy atom. The van der Waals surface area contributed by atoms with Gasteiger partial charge in [-0.2, -0.15) is 4.31 Å². The maximum absolute atomic E-state index is 12.9. The Morgan fingerprint density at radius 2 is 1.62 bits per heavy atom. The summed E-state index contributed by atoms with van der Waals surface area (Å²) >= 11 is 6.74. The SMILES string of the molecule is O=C(Nc1ccc(S(=O)(=O)N2CCOCC2)cc1)c1ccccc1NS(=O)(=O)c1ccc(Cl)s1. The lowest BCUT2D eigenvalue weighted by atomic mass is 10.1. The quantitative estimate of drug-likeness (QED) is 0.472. The number of rotatable bonds is 7. The van der Waals surface area contributed by atoms with Crippen molar-refractivity contribution < 1.29 is 26.4 Å². The Kier molecular flexibility index (Phi) is 7.26. The second kappa shape index (κ2) is 10.0. The Morgan fingerprint density at radius 3 is 2.26 bits per heavy atom. The third kappa shape index (κ3) is 5.43. The van der Waals surface area contributed by atoms with Crippen LogP contribution in [0.3, 0.4) is 0 Å². The smallest absolute Gasteiger partial charge is 0.271 e. The number of hydrogen-bond donors (Lipinski definition) is 2. The first-order chi connectivity index (χ1) is 16.2. The van der Waals surface area contributed by atoms with Crippen LogP contribution in [0.1, 0.15) is 10.4 Å². The van der Waals surface area contributed by atoms with Crippen LogP contribution in [0, 0.1) is 0 Å². The molecule has 9 nitrogen and oxygen atoms in total. The van der Waals surface area contributed by atoms with Gasteiger partial charge in [0.1, 0.15) is 4.21 Å². The van der Waals surface area contributed by atoms with E-state index in [0.717, 1.165) is 11.3 Å². The monoisotopic (exact) mass is 541 g/mol. The molecule has 0 bridgehead atoms. The number of carbonyl (C=O) groups is 1. The van der Waals surface area contributed by atoms with Crippen molar-refractivity contribution in [1.29, 1.82) is 0 Å². The summed E-state index contributed by atoms with van der Waals surface area (Å²) in [7, 11) is -7.59. The molecule has 1 saturated heterocycles. The van der Waals surface area contributed by atoms with E-state index >= 15 is 0 Å². The van der Waals surface area contributed by atoms with Crippen molar-refractivity contribution in [2.75, 3.05) is 36.3 Å². The summed E-state index contributed by atoms with van der Waals surface area (Å²) < 4.78 is 60.1. The van der Waals surface area contributed by atoms with Crippen molar-refractivity contribution in [2.45, 2.75) is 9.10 Å². The molecule has 2 N–H and O–H groups in total. The Balaban J connectivity index is 1.50. The first-order valence-corrected chi connectivity index (χ1v) is 14.1. The first-order valence-electron chi connectivity index (χ1n) is 10.0. The number of anilines is 2. The van der Waals surface area contributed by atoms with Crippen LogP contribution in [-0.4, -0.2) is 53.4 Å². The van der Waals surface area contributed by atoms with Crippen LogP contribution < -0.4 is 10.0 Å². The van der Waals surface area contributed by atoms with E-state index in [2.05, 4.69) is 10.0 Å². The van der Waals surface area contributed by atoms with E-state index in [0.29, 0.717) is 23.2 Å². The van der Waals surface area contributed by atoms with Crippen molar-refractivity contribution >= 4 is 60.3 Å². The lowest BCUT2D eigenvalue weighted by Gasteiger charge is -2.26. The van der Waals surface area contributed by atoms with Crippen LogP contribution in [0.15, 0.2) is 69.8 Å². The average Bonchev–Trinajstić information content (AvgIpc) is 3.27. The standard InChI is InChI=1S/C21H20ClN3O6S3/c22-19-9-10-20(32-19)33(27,28)24-18-4-2-1-3-17(18)21(26)23-15-5-7-16(8-6-15)34(29,30)25-11-13-31-14-12-25/h1-10,24H,11-14H2,(H,23,26). The van der Waals surface area contributed by atoms with Gasteiger partial charge in [-0.15, -0.1) is 11.3 Å². The molecule has 1 aliphatic heterocycles. The van der Waals surface area contributed by atoms with Crippen molar-refractivity contribution in [2.24, 2.45) is 0 Å². The molecule has 1 fully saturated rings. The number of carbonyl (C=O) groups excluding carboxylic acids is 1. The zero-order chi connectivity index (χ0) is 24.3. The summed E-state index contributed by atoms with van der Waals surface area (Å²) in [5.74, 6) is -0.564. The highest BCUT2D eigenvalue weighted by molar-refractivity contribution is 7.94. The number of thiophene rings is 1. The van der Waals surface area contributed by atoms with Crippen molar-refractivity contribution in [3.63, 3.8) is 0 Å². The minimum Gasteiger partial charge on any atom is -0.379 e. The van der Waals surface area contributed by atoms with Crippen molar-refractivity contribution in [3.8, 4) is 0 Å². The van der Waals surface area contributed by atoms with Gasteiger partial charge in [-0.05, 0) is 48.5 Å². The van der Waals surface area contributed by atoms with Crippen LogP contribution in [0.2, 0.25) is 4.34 Å². The van der Waals surface area contributed by atoms with E-state index in [-0.39, 0.29) is 33.4 Å². The Labute approximate surface area is 206 Å². The molecular weight excluding hydrogens is 522 g/mol. The third-order valence-electron chi connectivity index (χ3n) is 4.95. The maximum atomic E-state index is 12.9. The molecule has 2 aromatic carbocycles. The van der Waals surface area contributed by atoms with Gasteiger partial charge in [0.25, 0.3) is 15.9 Å². The highest BCUT2D eigenvalue weighted by Gasteiger charge is 2.26. The van der Waals surface area contributed by atoms with Gasteiger partial charge in [0.05, 0.1) is 33.7 Å². The van der Waals surface area contributed by atoms with Crippen LogP contribution in [-0.2, 0) is 24.8 Å². The normalized spacial score (nSPS) is 15.1. The zero-order valence-electron chi connectivity index (χ0n) is 17.6. The summed E-state index contributed by atoms with van der Waals surface area (Å²) in [6.07, 6.45) is 0. The lowest BCUT2D eigenvalue weighted by Crippen LogP contribution is -2.40. The fourth-order valence-electron chi connectivity index (χ4n) is 3.25. The van der Waals surface area contributed by atoms with Gasteiger partial charge in [-0.1, -0.05) is 23.7 Å². The van der Waals surface area contributed by atoms with Crippen LogP contribution in [0.4, 0.5) is 11.4 Å². The molecule has 13 heteroatoms. The molecule has 0 atom stereocenters. The van der Waals surface area contributed by atoms with Gasteiger partial charge in [0.15, 0.2) is 0 Å². The maximum Gasteiger partial charge on any atom is 0.271 e. The van der Waals surface area contributed by atoms with E-state index < -0.39 is 26.0 Å².